The fourth-order valence-corrected chi connectivity index (χ4v) is 2.85. The van der Waals surface area contributed by atoms with E-state index in [1.165, 1.54) is 19.3 Å². The average Bonchev–Trinajstić information content (AvgIpc) is 2.49. The van der Waals surface area contributed by atoms with Crippen molar-refractivity contribution in [3.63, 3.8) is 0 Å². The molecule has 0 radical (unpaired) electrons. The van der Waals surface area contributed by atoms with Gasteiger partial charge in [-0.15, -0.1) is 0 Å². The Bertz CT molecular complexity index is 313. The van der Waals surface area contributed by atoms with Crippen LogP contribution in [0.15, 0.2) is 0 Å². The number of esters is 1. The highest BCUT2D eigenvalue weighted by Crippen LogP contribution is 2.29. The van der Waals surface area contributed by atoms with Crippen molar-refractivity contribution in [1.82, 2.24) is 5.32 Å². The topological polar surface area (TPSA) is 88.2 Å². The first-order chi connectivity index (χ1) is 10.1. The van der Waals surface area contributed by atoms with Crippen molar-refractivity contribution in [2.75, 3.05) is 13.2 Å². The average molecular weight is 297 g/mol. The summed E-state index contributed by atoms with van der Waals surface area (Å²) in [5.74, 6) is 0.615. The van der Waals surface area contributed by atoms with E-state index >= 15 is 0 Å². The summed E-state index contributed by atoms with van der Waals surface area (Å²) in [6.07, 6.45) is 9.72. The van der Waals surface area contributed by atoms with Crippen molar-refractivity contribution in [1.29, 1.82) is 5.41 Å². The van der Waals surface area contributed by atoms with Crippen LogP contribution < -0.4 is 11.1 Å². The summed E-state index contributed by atoms with van der Waals surface area (Å²) >= 11 is 0. The zero-order valence-electron chi connectivity index (χ0n) is 13.3. The molecule has 0 aromatic rings. The number of unbranched alkanes of at least 4 members (excludes halogenated alkanes) is 4. The van der Waals surface area contributed by atoms with Crippen LogP contribution in [0, 0.1) is 17.2 Å². The van der Waals surface area contributed by atoms with Gasteiger partial charge in [-0.1, -0.05) is 32.6 Å². The maximum atomic E-state index is 12.0. The van der Waals surface area contributed by atoms with Gasteiger partial charge in [0.05, 0.1) is 12.5 Å². The molecule has 0 spiro atoms. The van der Waals surface area contributed by atoms with E-state index in [4.69, 9.17) is 15.9 Å². The smallest absolute Gasteiger partial charge is 0.308 e. The Balaban J connectivity index is 2.07. The minimum Gasteiger partial charge on any atom is -0.465 e. The maximum absolute atomic E-state index is 12.0. The normalized spacial score (nSPS) is 21.8. The number of rotatable bonds is 9. The van der Waals surface area contributed by atoms with E-state index in [1.807, 2.05) is 0 Å². The van der Waals surface area contributed by atoms with Crippen molar-refractivity contribution >= 4 is 11.9 Å². The summed E-state index contributed by atoms with van der Waals surface area (Å²) in [5.41, 5.74) is 5.28. The molecule has 0 aromatic carbocycles. The van der Waals surface area contributed by atoms with Crippen molar-refractivity contribution in [2.45, 2.75) is 64.7 Å². The summed E-state index contributed by atoms with van der Waals surface area (Å²) in [6.45, 7) is 3.52. The first-order valence-electron chi connectivity index (χ1n) is 8.38. The van der Waals surface area contributed by atoms with Crippen LogP contribution in [0.25, 0.3) is 0 Å². The molecule has 5 nitrogen and oxygen atoms in total. The third-order valence-electron chi connectivity index (χ3n) is 4.25. The third kappa shape index (κ3) is 7.93. The molecule has 1 aliphatic rings. The van der Waals surface area contributed by atoms with Crippen LogP contribution in [-0.2, 0) is 9.53 Å². The van der Waals surface area contributed by atoms with Gasteiger partial charge in [0.2, 0.25) is 0 Å². The van der Waals surface area contributed by atoms with Gasteiger partial charge in [0.1, 0.15) is 0 Å². The van der Waals surface area contributed by atoms with E-state index in [0.29, 0.717) is 12.5 Å². The predicted octanol–water partition coefficient (Wildman–Crippen LogP) is 2.79. The largest absolute Gasteiger partial charge is 0.465 e. The van der Waals surface area contributed by atoms with Gasteiger partial charge < -0.3 is 15.8 Å². The van der Waals surface area contributed by atoms with Crippen molar-refractivity contribution < 1.29 is 9.53 Å². The number of carbonyl (C=O) groups is 1. The molecule has 0 atom stereocenters. The van der Waals surface area contributed by atoms with Crippen LogP contribution in [0.2, 0.25) is 0 Å². The Morgan fingerprint density at radius 3 is 2.48 bits per heavy atom. The number of carbonyl (C=O) groups excluding carboxylic acids is 1. The summed E-state index contributed by atoms with van der Waals surface area (Å²) in [5, 5.41) is 10.0. The Morgan fingerprint density at radius 2 is 1.86 bits per heavy atom. The summed E-state index contributed by atoms with van der Waals surface area (Å²) in [6, 6.07) is 0. The summed E-state index contributed by atoms with van der Waals surface area (Å²) in [7, 11) is 0. The Kier molecular flexibility index (Phi) is 8.87. The molecule has 1 aliphatic carbocycles. The van der Waals surface area contributed by atoms with E-state index in [2.05, 4.69) is 12.2 Å². The van der Waals surface area contributed by atoms with Gasteiger partial charge in [0, 0.05) is 6.54 Å². The van der Waals surface area contributed by atoms with Crippen LogP contribution in [0.4, 0.5) is 0 Å². The van der Waals surface area contributed by atoms with E-state index in [1.54, 1.807) is 0 Å². The highest BCUT2D eigenvalue weighted by atomic mass is 16.5. The highest BCUT2D eigenvalue weighted by molar-refractivity contribution is 5.74. The molecule has 1 saturated carbocycles. The first-order valence-corrected chi connectivity index (χ1v) is 8.38. The SMILES string of the molecule is CCCCCCCOC(=O)[C@H]1CC[C@H](CNC(=N)N)CC1. The second-order valence-electron chi connectivity index (χ2n) is 6.09. The van der Waals surface area contributed by atoms with Gasteiger partial charge in [-0.3, -0.25) is 10.2 Å². The lowest BCUT2D eigenvalue weighted by Gasteiger charge is -2.27. The summed E-state index contributed by atoms with van der Waals surface area (Å²) < 4.78 is 5.39. The van der Waals surface area contributed by atoms with E-state index in [9.17, 15) is 4.79 Å². The van der Waals surface area contributed by atoms with Crippen LogP contribution in [0.1, 0.15) is 64.7 Å². The molecule has 5 heteroatoms. The van der Waals surface area contributed by atoms with Gasteiger partial charge in [0.25, 0.3) is 0 Å². The first kappa shape index (κ1) is 17.8. The number of guanidine groups is 1. The number of nitrogens with two attached hydrogens (primary N) is 1. The van der Waals surface area contributed by atoms with Crippen LogP contribution in [0.3, 0.4) is 0 Å². The van der Waals surface area contributed by atoms with Crippen LogP contribution in [-0.4, -0.2) is 25.1 Å². The number of ether oxygens (including phenoxy) is 1. The lowest BCUT2D eigenvalue weighted by atomic mass is 9.82. The second-order valence-corrected chi connectivity index (χ2v) is 6.09. The molecule has 0 unspecified atom stereocenters. The van der Waals surface area contributed by atoms with Crippen molar-refractivity contribution in [3.05, 3.63) is 0 Å². The molecule has 21 heavy (non-hydrogen) atoms. The van der Waals surface area contributed by atoms with Gasteiger partial charge in [0.15, 0.2) is 5.96 Å². The fraction of sp³-hybridized carbons (Fsp3) is 0.875. The minimum absolute atomic E-state index is 0.0107. The molecular formula is C16H31N3O2. The molecule has 0 heterocycles. The monoisotopic (exact) mass is 297 g/mol. The van der Waals surface area contributed by atoms with Crippen molar-refractivity contribution in [3.8, 4) is 0 Å². The molecule has 122 valence electrons. The van der Waals surface area contributed by atoms with Gasteiger partial charge in [-0.25, -0.2) is 0 Å². The molecule has 0 amide bonds. The van der Waals surface area contributed by atoms with Gasteiger partial charge in [-0.05, 0) is 38.0 Å². The number of nitrogens with one attached hydrogen (secondary N) is 2. The zero-order valence-corrected chi connectivity index (χ0v) is 13.3. The molecule has 0 saturated heterocycles. The van der Waals surface area contributed by atoms with Crippen LogP contribution in [0.5, 0.6) is 0 Å². The summed E-state index contributed by atoms with van der Waals surface area (Å²) in [4.78, 5) is 12.0. The second kappa shape index (κ2) is 10.5. The maximum Gasteiger partial charge on any atom is 0.308 e. The van der Waals surface area contributed by atoms with E-state index < -0.39 is 0 Å². The van der Waals surface area contributed by atoms with E-state index in [0.717, 1.165) is 45.1 Å². The molecule has 4 N–H and O–H groups in total. The number of hydrogen-bond acceptors (Lipinski definition) is 3. The minimum atomic E-state index is -0.0107. The third-order valence-corrected chi connectivity index (χ3v) is 4.25. The fourth-order valence-electron chi connectivity index (χ4n) is 2.85. The van der Waals surface area contributed by atoms with Crippen LogP contribution >= 0.6 is 0 Å². The molecular weight excluding hydrogens is 266 g/mol. The number of hydrogen-bond donors (Lipinski definition) is 3. The highest BCUT2D eigenvalue weighted by Gasteiger charge is 2.27. The van der Waals surface area contributed by atoms with Gasteiger partial charge in [-0.2, -0.15) is 0 Å². The molecule has 0 aliphatic heterocycles. The molecule has 0 aromatic heterocycles. The zero-order chi connectivity index (χ0) is 15.5. The van der Waals surface area contributed by atoms with E-state index in [-0.39, 0.29) is 17.8 Å². The van der Waals surface area contributed by atoms with Crippen molar-refractivity contribution in [2.24, 2.45) is 17.6 Å². The lowest BCUT2D eigenvalue weighted by Crippen LogP contribution is -2.36. The standard InChI is InChI=1S/C16H31N3O2/c1-2-3-4-5-6-11-21-15(20)14-9-7-13(8-10-14)12-19-16(17)18/h13-14H,2-12H2,1H3,(H4,17,18,19)/t13-,14-. The quantitative estimate of drug-likeness (QED) is 0.264. The molecule has 1 rings (SSSR count). The predicted molar refractivity (Wildman–Crippen MR) is 85.1 cm³/mol. The van der Waals surface area contributed by atoms with Gasteiger partial charge >= 0.3 is 5.97 Å². The Hall–Kier alpha value is -1.26. The molecule has 1 fully saturated rings. The lowest BCUT2D eigenvalue weighted by molar-refractivity contribution is -0.150. The Labute approximate surface area is 128 Å². The molecule has 0 bridgehead atoms. The Morgan fingerprint density at radius 1 is 1.19 bits per heavy atom.